The molecule has 0 spiro atoms. The molecule has 0 fully saturated rings. The van der Waals surface area contributed by atoms with Crippen LogP contribution in [0.25, 0.3) is 0 Å². The minimum Gasteiger partial charge on any atom is -0.370 e. The average Bonchev–Trinajstić information content (AvgIpc) is 1.97. The van der Waals surface area contributed by atoms with Gasteiger partial charge < -0.3 is 22.1 Å². The fraction of sp³-hybridized carbons (Fsp3) is 0.400. The predicted molar refractivity (Wildman–Crippen MR) is 44.4 cm³/mol. The zero-order valence-corrected chi connectivity index (χ0v) is 6.35. The standard InChI is InChI=1S/C5H11N6O/c6-4(7)10-1-3(2-12)11-5(8)9/h3H,1H2,(H4,6,7,10)(H4,8,9,11). The Morgan fingerprint density at radius 3 is 2.33 bits per heavy atom. The molecular weight excluding hydrogens is 160 g/mol. The normalized spacial score (nSPS) is 11.3. The first-order valence-corrected chi connectivity index (χ1v) is 3.12. The van der Waals surface area contributed by atoms with Crippen LogP contribution >= 0.6 is 0 Å². The molecule has 0 aliphatic heterocycles. The Bertz CT molecular complexity index is 190. The van der Waals surface area contributed by atoms with E-state index in [1.807, 2.05) is 0 Å². The fourth-order valence-corrected chi connectivity index (χ4v) is 0.522. The smallest absolute Gasteiger partial charge is 0.224 e. The zero-order chi connectivity index (χ0) is 9.56. The molecule has 7 heteroatoms. The minimum atomic E-state index is -0.758. The highest BCUT2D eigenvalue weighted by Gasteiger charge is 2.07. The van der Waals surface area contributed by atoms with Gasteiger partial charge in [0.2, 0.25) is 6.29 Å². The number of nitrogens with one attached hydrogen (secondary N) is 4. The summed E-state index contributed by atoms with van der Waals surface area (Å²) in [7, 11) is 0. The van der Waals surface area contributed by atoms with E-state index in [2.05, 4.69) is 10.6 Å². The summed E-state index contributed by atoms with van der Waals surface area (Å²) < 4.78 is 0. The SMILES string of the molecule is N=C(N)NCC([C]=O)NC(=N)N. The van der Waals surface area contributed by atoms with Crippen LogP contribution in [0.4, 0.5) is 0 Å². The molecular formula is C5H11N6O. The highest BCUT2D eigenvalue weighted by atomic mass is 16.1. The molecule has 0 saturated carbocycles. The number of guanidine groups is 2. The van der Waals surface area contributed by atoms with Crippen molar-refractivity contribution in [1.29, 1.82) is 10.8 Å². The van der Waals surface area contributed by atoms with E-state index in [0.717, 1.165) is 0 Å². The molecule has 0 aromatic heterocycles. The minimum absolute atomic E-state index is 0.0818. The van der Waals surface area contributed by atoms with E-state index >= 15 is 0 Å². The van der Waals surface area contributed by atoms with Gasteiger partial charge >= 0.3 is 0 Å². The number of carbonyl (C=O) groups excluding carboxylic acids is 1. The van der Waals surface area contributed by atoms with Gasteiger partial charge in [-0.15, -0.1) is 0 Å². The van der Waals surface area contributed by atoms with Crippen molar-refractivity contribution < 1.29 is 4.79 Å². The van der Waals surface area contributed by atoms with Gasteiger partial charge in [0.15, 0.2) is 11.9 Å². The topological polar surface area (TPSA) is 141 Å². The molecule has 7 nitrogen and oxygen atoms in total. The summed E-state index contributed by atoms with van der Waals surface area (Å²) in [5.41, 5.74) is 9.91. The first kappa shape index (κ1) is 10.2. The molecule has 0 bridgehead atoms. The monoisotopic (exact) mass is 171 g/mol. The van der Waals surface area contributed by atoms with Crippen LogP contribution in [-0.2, 0) is 4.79 Å². The number of hydrogen-bond acceptors (Lipinski definition) is 3. The summed E-state index contributed by atoms with van der Waals surface area (Å²) in [5, 5.41) is 18.3. The Morgan fingerprint density at radius 2 is 2.00 bits per heavy atom. The van der Waals surface area contributed by atoms with Gasteiger partial charge in [-0.2, -0.15) is 0 Å². The lowest BCUT2D eigenvalue weighted by atomic mass is 10.3. The van der Waals surface area contributed by atoms with Crippen LogP contribution in [-0.4, -0.2) is 30.8 Å². The van der Waals surface area contributed by atoms with Crippen molar-refractivity contribution in [2.75, 3.05) is 6.54 Å². The van der Waals surface area contributed by atoms with Gasteiger partial charge in [-0.1, -0.05) is 0 Å². The maximum atomic E-state index is 10.2. The van der Waals surface area contributed by atoms with Gasteiger partial charge in [0.05, 0.1) is 0 Å². The second kappa shape index (κ2) is 4.94. The Hall–Kier alpha value is -1.79. The summed E-state index contributed by atoms with van der Waals surface area (Å²) in [6.45, 7) is 0.0818. The predicted octanol–water partition coefficient (Wildman–Crippen LogP) is -2.57. The van der Waals surface area contributed by atoms with Crippen LogP contribution in [0.3, 0.4) is 0 Å². The maximum absolute atomic E-state index is 10.2. The lowest BCUT2D eigenvalue weighted by Crippen LogP contribution is -2.48. The highest BCUT2D eigenvalue weighted by Crippen LogP contribution is 1.73. The Labute approximate surface area is 69.5 Å². The Kier molecular flexibility index (Phi) is 4.20. The average molecular weight is 171 g/mol. The largest absolute Gasteiger partial charge is 0.370 e. The van der Waals surface area contributed by atoms with E-state index in [0.29, 0.717) is 0 Å². The van der Waals surface area contributed by atoms with Crippen molar-refractivity contribution in [3.05, 3.63) is 0 Å². The fourth-order valence-electron chi connectivity index (χ4n) is 0.522. The lowest BCUT2D eigenvalue weighted by molar-refractivity contribution is 0.531. The summed E-state index contributed by atoms with van der Waals surface area (Å²) in [6.07, 6.45) is 1.59. The molecule has 1 atom stereocenters. The third kappa shape index (κ3) is 5.03. The van der Waals surface area contributed by atoms with E-state index < -0.39 is 6.04 Å². The third-order valence-electron chi connectivity index (χ3n) is 0.969. The summed E-state index contributed by atoms with van der Waals surface area (Å²) in [4.78, 5) is 10.2. The highest BCUT2D eigenvalue weighted by molar-refractivity contribution is 5.79. The van der Waals surface area contributed by atoms with Gasteiger partial charge in [-0.3, -0.25) is 15.6 Å². The van der Waals surface area contributed by atoms with Crippen molar-refractivity contribution >= 4 is 18.2 Å². The van der Waals surface area contributed by atoms with Crippen molar-refractivity contribution in [3.8, 4) is 0 Å². The van der Waals surface area contributed by atoms with Crippen molar-refractivity contribution in [2.24, 2.45) is 11.5 Å². The first-order valence-electron chi connectivity index (χ1n) is 3.12. The molecule has 0 amide bonds. The second-order valence-electron chi connectivity index (χ2n) is 2.02. The molecule has 12 heavy (non-hydrogen) atoms. The molecule has 0 aliphatic rings. The van der Waals surface area contributed by atoms with Gasteiger partial charge in [0.1, 0.15) is 6.04 Å². The summed E-state index contributed by atoms with van der Waals surface area (Å²) in [5.74, 6) is -0.575. The van der Waals surface area contributed by atoms with Crippen LogP contribution in [0, 0.1) is 10.8 Å². The number of hydrogen-bond donors (Lipinski definition) is 6. The van der Waals surface area contributed by atoms with Gasteiger partial charge in [0.25, 0.3) is 0 Å². The van der Waals surface area contributed by atoms with Gasteiger partial charge in [-0.05, 0) is 0 Å². The number of nitrogens with two attached hydrogens (primary N) is 2. The molecule has 1 radical (unpaired) electrons. The van der Waals surface area contributed by atoms with Gasteiger partial charge in [0, 0.05) is 6.54 Å². The Balaban J connectivity index is 3.75. The van der Waals surface area contributed by atoms with Crippen molar-refractivity contribution in [3.63, 3.8) is 0 Å². The molecule has 1 unspecified atom stereocenters. The van der Waals surface area contributed by atoms with Crippen LogP contribution in [0.1, 0.15) is 0 Å². The molecule has 67 valence electrons. The summed E-state index contributed by atoms with van der Waals surface area (Å²) >= 11 is 0. The molecule has 0 heterocycles. The third-order valence-corrected chi connectivity index (χ3v) is 0.969. The molecule has 0 aliphatic carbocycles. The number of rotatable bonds is 4. The first-order chi connectivity index (χ1) is 5.56. The molecule has 8 N–H and O–H groups in total. The second-order valence-corrected chi connectivity index (χ2v) is 2.02. The molecule has 0 aromatic rings. The van der Waals surface area contributed by atoms with E-state index in [9.17, 15) is 4.79 Å². The van der Waals surface area contributed by atoms with Gasteiger partial charge in [-0.25, -0.2) is 0 Å². The molecule has 0 aromatic carbocycles. The lowest BCUT2D eigenvalue weighted by Gasteiger charge is -2.11. The molecule has 0 rings (SSSR count). The Morgan fingerprint density at radius 1 is 1.42 bits per heavy atom. The maximum Gasteiger partial charge on any atom is 0.224 e. The van der Waals surface area contributed by atoms with Crippen LogP contribution in [0.2, 0.25) is 0 Å². The van der Waals surface area contributed by atoms with E-state index in [4.69, 9.17) is 22.3 Å². The zero-order valence-electron chi connectivity index (χ0n) is 6.35. The summed E-state index contributed by atoms with van der Waals surface area (Å²) in [6, 6.07) is -0.758. The van der Waals surface area contributed by atoms with E-state index in [1.165, 1.54) is 0 Å². The van der Waals surface area contributed by atoms with Crippen molar-refractivity contribution in [1.82, 2.24) is 10.6 Å². The van der Waals surface area contributed by atoms with Crippen LogP contribution < -0.4 is 22.1 Å². The van der Waals surface area contributed by atoms with E-state index in [1.54, 1.807) is 6.29 Å². The quantitative estimate of drug-likeness (QED) is 0.204. The van der Waals surface area contributed by atoms with E-state index in [-0.39, 0.29) is 18.5 Å². The molecule has 0 saturated heterocycles. The van der Waals surface area contributed by atoms with Crippen LogP contribution in [0.5, 0.6) is 0 Å². The van der Waals surface area contributed by atoms with Crippen LogP contribution in [0.15, 0.2) is 0 Å². The van der Waals surface area contributed by atoms with Crippen molar-refractivity contribution in [2.45, 2.75) is 6.04 Å².